The molecule has 0 bridgehead atoms. The van der Waals surface area contributed by atoms with Crippen molar-refractivity contribution in [3.8, 4) is 0 Å². The molecule has 0 saturated heterocycles. The number of hydrogen-bond donors (Lipinski definition) is 2. The van der Waals surface area contributed by atoms with E-state index in [1.807, 2.05) is 6.92 Å². The Labute approximate surface area is 140 Å². The largest absolute Gasteiger partial charge is 0.280 e. The van der Waals surface area contributed by atoms with Gasteiger partial charge in [-0.3, -0.25) is 4.72 Å². The minimum Gasteiger partial charge on any atom is -0.280 e. The quantitative estimate of drug-likeness (QED) is 0.780. The van der Waals surface area contributed by atoms with E-state index in [1.54, 1.807) is 0 Å². The average Bonchev–Trinajstić information content (AvgIpc) is 2.53. The van der Waals surface area contributed by atoms with Crippen LogP contribution in [0.2, 0.25) is 0 Å². The van der Waals surface area contributed by atoms with E-state index >= 15 is 0 Å². The first-order chi connectivity index (χ1) is 11.3. The number of hydrogen-bond acceptors (Lipinski definition) is 4. The Morgan fingerprint density at radius 3 is 2.12 bits per heavy atom. The molecule has 0 spiro atoms. The van der Waals surface area contributed by atoms with Gasteiger partial charge in [0.15, 0.2) is 0 Å². The van der Waals surface area contributed by atoms with Gasteiger partial charge in [0, 0.05) is 12.2 Å². The molecule has 130 valence electrons. The summed E-state index contributed by atoms with van der Waals surface area (Å²) in [6, 6.07) is 10.1. The van der Waals surface area contributed by atoms with Crippen molar-refractivity contribution in [2.75, 3.05) is 11.3 Å². The second-order valence-corrected chi connectivity index (χ2v) is 8.38. The van der Waals surface area contributed by atoms with E-state index in [4.69, 9.17) is 0 Å². The lowest BCUT2D eigenvalue weighted by molar-refractivity contribution is 0.570. The zero-order chi connectivity index (χ0) is 17.8. The second kappa shape index (κ2) is 7.29. The molecule has 2 aromatic rings. The minimum absolute atomic E-state index is 0.0183. The van der Waals surface area contributed by atoms with Crippen molar-refractivity contribution >= 4 is 25.7 Å². The first-order valence-corrected chi connectivity index (χ1v) is 10.1. The van der Waals surface area contributed by atoms with E-state index in [2.05, 4.69) is 9.44 Å². The summed E-state index contributed by atoms with van der Waals surface area (Å²) in [6.07, 6.45) is 0.653. The van der Waals surface area contributed by atoms with Crippen LogP contribution in [-0.2, 0) is 20.0 Å². The number of anilines is 1. The zero-order valence-corrected chi connectivity index (χ0v) is 14.5. The summed E-state index contributed by atoms with van der Waals surface area (Å²) >= 11 is 0. The van der Waals surface area contributed by atoms with Gasteiger partial charge >= 0.3 is 0 Å². The molecule has 0 fully saturated rings. The Hall–Kier alpha value is -1.97. The second-order valence-electron chi connectivity index (χ2n) is 4.96. The van der Waals surface area contributed by atoms with Crippen LogP contribution in [-0.4, -0.2) is 23.4 Å². The van der Waals surface area contributed by atoms with Crippen molar-refractivity contribution in [1.29, 1.82) is 0 Å². The summed E-state index contributed by atoms with van der Waals surface area (Å²) < 4.78 is 66.5. The third-order valence-electron chi connectivity index (χ3n) is 3.09. The van der Waals surface area contributed by atoms with Crippen LogP contribution in [0.1, 0.15) is 13.3 Å². The molecule has 0 aliphatic rings. The lowest BCUT2D eigenvalue weighted by atomic mass is 10.3. The van der Waals surface area contributed by atoms with Crippen molar-refractivity contribution in [2.45, 2.75) is 23.1 Å². The Kier molecular flexibility index (Phi) is 5.58. The molecule has 6 nitrogen and oxygen atoms in total. The summed E-state index contributed by atoms with van der Waals surface area (Å²) in [5, 5.41) is 0. The smallest absolute Gasteiger partial charge is 0.264 e. The van der Waals surface area contributed by atoms with Gasteiger partial charge in [-0.1, -0.05) is 19.1 Å². The predicted molar refractivity (Wildman–Crippen MR) is 89.1 cm³/mol. The van der Waals surface area contributed by atoms with Gasteiger partial charge in [0.1, 0.15) is 10.7 Å². The molecule has 0 aliphatic heterocycles. The van der Waals surface area contributed by atoms with E-state index in [0.717, 1.165) is 12.1 Å². The molecule has 2 aromatic carbocycles. The molecule has 0 aromatic heterocycles. The van der Waals surface area contributed by atoms with Gasteiger partial charge < -0.3 is 0 Å². The fourth-order valence-electron chi connectivity index (χ4n) is 1.89. The fourth-order valence-corrected chi connectivity index (χ4v) is 4.17. The van der Waals surface area contributed by atoms with Crippen LogP contribution >= 0.6 is 0 Å². The molecule has 0 aliphatic carbocycles. The monoisotopic (exact) mass is 372 g/mol. The summed E-state index contributed by atoms with van der Waals surface area (Å²) in [5.74, 6) is -0.868. The van der Waals surface area contributed by atoms with Gasteiger partial charge in [0.05, 0.1) is 4.90 Å². The molecule has 0 unspecified atom stereocenters. The Balaban J connectivity index is 2.22. The van der Waals surface area contributed by atoms with Crippen LogP contribution in [0.5, 0.6) is 0 Å². The molecule has 0 saturated carbocycles. The summed E-state index contributed by atoms with van der Waals surface area (Å²) in [6.45, 7) is 2.15. The first kappa shape index (κ1) is 18.4. The summed E-state index contributed by atoms with van der Waals surface area (Å²) in [4.78, 5) is -0.462. The topological polar surface area (TPSA) is 92.3 Å². The number of nitrogens with one attached hydrogen (secondary N) is 2. The van der Waals surface area contributed by atoms with Crippen molar-refractivity contribution < 1.29 is 21.2 Å². The van der Waals surface area contributed by atoms with Crippen LogP contribution in [0, 0.1) is 5.82 Å². The maximum Gasteiger partial charge on any atom is 0.264 e. The number of benzene rings is 2. The average molecular weight is 372 g/mol. The molecule has 0 atom stereocenters. The van der Waals surface area contributed by atoms with E-state index in [1.165, 1.54) is 36.4 Å². The van der Waals surface area contributed by atoms with Crippen molar-refractivity contribution in [3.05, 3.63) is 54.3 Å². The third kappa shape index (κ3) is 4.31. The maximum absolute atomic E-state index is 13.6. The zero-order valence-electron chi connectivity index (χ0n) is 12.9. The maximum atomic E-state index is 13.6. The van der Waals surface area contributed by atoms with Crippen LogP contribution < -0.4 is 9.44 Å². The van der Waals surface area contributed by atoms with E-state index in [-0.39, 0.29) is 10.6 Å². The number of sulfonamides is 2. The number of rotatable bonds is 7. The van der Waals surface area contributed by atoms with Crippen LogP contribution in [0.15, 0.2) is 58.3 Å². The molecular weight excluding hydrogens is 355 g/mol. The highest BCUT2D eigenvalue weighted by Crippen LogP contribution is 2.20. The fraction of sp³-hybridized carbons (Fsp3) is 0.200. The first-order valence-electron chi connectivity index (χ1n) is 7.13. The lowest BCUT2D eigenvalue weighted by Crippen LogP contribution is -2.24. The number of halogens is 1. The highest BCUT2D eigenvalue weighted by atomic mass is 32.2. The van der Waals surface area contributed by atoms with Crippen LogP contribution in [0.4, 0.5) is 10.1 Å². The van der Waals surface area contributed by atoms with Crippen LogP contribution in [0.3, 0.4) is 0 Å². The molecule has 2 N–H and O–H groups in total. The van der Waals surface area contributed by atoms with Crippen LogP contribution in [0.25, 0.3) is 0 Å². The van der Waals surface area contributed by atoms with E-state index in [0.29, 0.717) is 13.0 Å². The molecule has 0 heterocycles. The lowest BCUT2D eigenvalue weighted by Gasteiger charge is -2.10. The third-order valence-corrected chi connectivity index (χ3v) is 5.98. The molecule has 24 heavy (non-hydrogen) atoms. The normalized spacial score (nSPS) is 12.1. The highest BCUT2D eigenvalue weighted by molar-refractivity contribution is 7.92. The van der Waals surface area contributed by atoms with Crippen molar-refractivity contribution in [2.24, 2.45) is 0 Å². The highest BCUT2D eigenvalue weighted by Gasteiger charge is 2.19. The van der Waals surface area contributed by atoms with Crippen molar-refractivity contribution in [1.82, 2.24) is 4.72 Å². The van der Waals surface area contributed by atoms with Gasteiger partial charge in [0.25, 0.3) is 10.0 Å². The summed E-state index contributed by atoms with van der Waals surface area (Å²) in [5.41, 5.74) is 0.132. The molecule has 0 radical (unpaired) electrons. The molecular formula is C15H17FN2O4S2. The van der Waals surface area contributed by atoms with Gasteiger partial charge in [-0.25, -0.2) is 25.9 Å². The van der Waals surface area contributed by atoms with E-state index < -0.39 is 30.8 Å². The molecule has 9 heteroatoms. The Morgan fingerprint density at radius 1 is 0.917 bits per heavy atom. The molecule has 0 amide bonds. The molecule has 2 rings (SSSR count). The van der Waals surface area contributed by atoms with Gasteiger partial charge in [-0.15, -0.1) is 0 Å². The van der Waals surface area contributed by atoms with Gasteiger partial charge in [0.2, 0.25) is 10.0 Å². The van der Waals surface area contributed by atoms with Crippen molar-refractivity contribution in [3.63, 3.8) is 0 Å². The minimum atomic E-state index is -4.10. The van der Waals surface area contributed by atoms with Gasteiger partial charge in [-0.2, -0.15) is 0 Å². The van der Waals surface area contributed by atoms with Gasteiger partial charge in [-0.05, 0) is 42.8 Å². The Morgan fingerprint density at radius 2 is 1.54 bits per heavy atom. The SMILES string of the molecule is CCCNS(=O)(=O)c1ccc(NS(=O)(=O)c2ccccc2F)cc1. The standard InChI is InChI=1S/C15H17FN2O4S2/c1-2-11-17-23(19,20)13-9-7-12(8-10-13)18-24(21,22)15-6-4-3-5-14(15)16/h3-10,17-18H,2,11H2,1H3. The summed E-state index contributed by atoms with van der Waals surface area (Å²) in [7, 11) is -7.73. The Bertz CT molecular complexity index is 911. The predicted octanol–water partition coefficient (Wildman–Crippen LogP) is 2.31. The van der Waals surface area contributed by atoms with E-state index in [9.17, 15) is 21.2 Å².